The molecular weight excluding hydrogens is 447 g/mol. The summed E-state index contributed by atoms with van der Waals surface area (Å²) in [6, 6.07) is 12.8. The number of hydrogen-bond donors (Lipinski definition) is 2. The number of phenols is 1. The van der Waals surface area contributed by atoms with Crippen molar-refractivity contribution in [2.75, 3.05) is 5.32 Å². The lowest BCUT2D eigenvalue weighted by atomic mass is 10.1. The van der Waals surface area contributed by atoms with Crippen molar-refractivity contribution >= 4 is 50.9 Å². The summed E-state index contributed by atoms with van der Waals surface area (Å²) in [5, 5.41) is 22.4. The minimum Gasteiger partial charge on any atom is -0.508 e. The Morgan fingerprint density at radius 2 is 1.82 bits per heavy atom. The maximum atomic E-state index is 14.2. The summed E-state index contributed by atoms with van der Waals surface area (Å²) in [4.78, 5) is 4.26. The fourth-order valence-corrected chi connectivity index (χ4v) is 2.97. The largest absolute Gasteiger partial charge is 0.508 e. The number of pyridine rings is 1. The summed E-state index contributed by atoms with van der Waals surface area (Å²) >= 11 is 5.99. The van der Waals surface area contributed by atoms with Crippen molar-refractivity contribution < 1.29 is 9.50 Å². The summed E-state index contributed by atoms with van der Waals surface area (Å²) < 4.78 is 14.2. The summed E-state index contributed by atoms with van der Waals surface area (Å²) in [6.45, 7) is 1.81. The van der Waals surface area contributed by atoms with E-state index in [1.807, 2.05) is 13.0 Å². The Labute approximate surface area is 176 Å². The van der Waals surface area contributed by atoms with Gasteiger partial charge in [0, 0.05) is 33.9 Å². The molecule has 4 rings (SSSR count). The molecule has 2 N–H and O–H groups in total. The number of rotatable bonds is 3. The van der Waals surface area contributed by atoms with E-state index in [4.69, 9.17) is 11.6 Å². The fourth-order valence-electron chi connectivity index (χ4n) is 2.80. The van der Waals surface area contributed by atoms with Gasteiger partial charge in [0.05, 0.1) is 22.6 Å². The third-order valence-corrected chi connectivity index (χ3v) is 4.41. The van der Waals surface area contributed by atoms with Gasteiger partial charge in [-0.25, -0.2) is 4.39 Å². The first kappa shape index (κ1) is 20.0. The van der Waals surface area contributed by atoms with Crippen molar-refractivity contribution in [1.29, 1.82) is 0 Å². The Morgan fingerprint density at radius 3 is 2.64 bits per heavy atom. The van der Waals surface area contributed by atoms with Crippen molar-refractivity contribution in [3.63, 3.8) is 0 Å². The van der Waals surface area contributed by atoms with E-state index in [0.717, 1.165) is 11.1 Å². The van der Waals surface area contributed by atoms with Crippen molar-refractivity contribution in [1.82, 2.24) is 15.2 Å². The SMILES string of the molecule is Br.Cc1nnc(-c2cc(Cl)ccc2F)cc1Nc1ccnc2cc(O)ccc12. The van der Waals surface area contributed by atoms with Gasteiger partial charge in [-0.2, -0.15) is 10.2 Å². The van der Waals surface area contributed by atoms with Crippen LogP contribution in [0, 0.1) is 12.7 Å². The molecule has 0 aliphatic heterocycles. The molecule has 0 atom stereocenters. The third-order valence-electron chi connectivity index (χ3n) is 4.18. The number of aryl methyl sites for hydroxylation is 1. The molecule has 0 fully saturated rings. The molecule has 0 aliphatic carbocycles. The van der Waals surface area contributed by atoms with Crippen LogP contribution in [0.3, 0.4) is 0 Å². The Hall–Kier alpha value is -2.77. The number of anilines is 2. The normalized spacial score (nSPS) is 10.5. The molecule has 0 radical (unpaired) electrons. The molecule has 8 heteroatoms. The predicted molar refractivity (Wildman–Crippen MR) is 114 cm³/mol. The number of aromatic hydroxyl groups is 1. The number of nitrogens with one attached hydrogen (secondary N) is 1. The van der Waals surface area contributed by atoms with Crippen molar-refractivity contribution in [3.8, 4) is 17.0 Å². The highest BCUT2D eigenvalue weighted by Crippen LogP contribution is 2.31. The quantitative estimate of drug-likeness (QED) is 0.402. The molecule has 0 spiro atoms. The zero-order valence-electron chi connectivity index (χ0n) is 14.6. The highest BCUT2D eigenvalue weighted by atomic mass is 79.9. The Morgan fingerprint density at radius 1 is 1.00 bits per heavy atom. The van der Waals surface area contributed by atoms with E-state index in [-0.39, 0.29) is 28.3 Å². The molecule has 5 nitrogen and oxygen atoms in total. The van der Waals surface area contributed by atoms with E-state index >= 15 is 0 Å². The molecular formula is C20H15BrClFN4O. The van der Waals surface area contributed by atoms with E-state index in [1.54, 1.807) is 30.5 Å². The summed E-state index contributed by atoms with van der Waals surface area (Å²) in [5.74, 6) is -0.277. The van der Waals surface area contributed by atoms with Crippen LogP contribution in [0.1, 0.15) is 5.69 Å². The van der Waals surface area contributed by atoms with Crippen LogP contribution in [0.2, 0.25) is 5.02 Å². The number of halogens is 3. The highest BCUT2D eigenvalue weighted by molar-refractivity contribution is 8.93. The Balaban J connectivity index is 0.00000225. The summed E-state index contributed by atoms with van der Waals surface area (Å²) in [7, 11) is 0. The van der Waals surface area contributed by atoms with Gasteiger partial charge in [0.1, 0.15) is 11.6 Å². The maximum absolute atomic E-state index is 14.2. The van der Waals surface area contributed by atoms with Crippen LogP contribution < -0.4 is 5.32 Å². The van der Waals surface area contributed by atoms with Gasteiger partial charge in [0.15, 0.2) is 0 Å². The first-order valence-electron chi connectivity index (χ1n) is 8.16. The molecule has 0 aliphatic rings. The molecule has 4 aromatic rings. The first-order chi connectivity index (χ1) is 13.0. The number of fused-ring (bicyclic) bond motifs is 1. The monoisotopic (exact) mass is 460 g/mol. The van der Waals surface area contributed by atoms with Gasteiger partial charge in [-0.05, 0) is 49.4 Å². The van der Waals surface area contributed by atoms with E-state index in [2.05, 4.69) is 20.5 Å². The lowest BCUT2D eigenvalue weighted by Crippen LogP contribution is -2.00. The molecule has 0 bridgehead atoms. The zero-order valence-corrected chi connectivity index (χ0v) is 17.1. The molecule has 0 saturated heterocycles. The highest BCUT2D eigenvalue weighted by Gasteiger charge is 2.12. The lowest BCUT2D eigenvalue weighted by molar-refractivity contribution is 0.476. The summed E-state index contributed by atoms with van der Waals surface area (Å²) in [6.07, 6.45) is 1.64. The van der Waals surface area contributed by atoms with Gasteiger partial charge in [-0.15, -0.1) is 17.0 Å². The average molecular weight is 462 g/mol. The second kappa shape index (κ2) is 8.08. The average Bonchev–Trinajstić information content (AvgIpc) is 2.65. The number of hydrogen-bond acceptors (Lipinski definition) is 5. The molecule has 28 heavy (non-hydrogen) atoms. The van der Waals surface area contributed by atoms with E-state index in [1.165, 1.54) is 18.2 Å². The number of phenolic OH excluding ortho intramolecular Hbond substituents is 1. The molecule has 0 saturated carbocycles. The standard InChI is InChI=1S/C20H14ClFN4O.BrH/c1-11-18(10-20(26-25-11)15-8-12(21)2-5-16(15)22)24-17-6-7-23-19-9-13(27)3-4-14(17)19;/h2-10,27H,1H3,(H,23,24,26);1H. The second-order valence-electron chi connectivity index (χ2n) is 6.04. The fraction of sp³-hybridized carbons (Fsp3) is 0.0500. The van der Waals surface area contributed by atoms with Crippen LogP contribution >= 0.6 is 28.6 Å². The van der Waals surface area contributed by atoms with Crippen molar-refractivity contribution in [2.24, 2.45) is 0 Å². The summed E-state index contributed by atoms with van der Waals surface area (Å²) in [5.41, 5.74) is 3.43. The number of benzene rings is 2. The van der Waals surface area contributed by atoms with Crippen LogP contribution in [-0.4, -0.2) is 20.3 Å². The molecule has 2 aromatic carbocycles. The van der Waals surface area contributed by atoms with Gasteiger partial charge in [0.25, 0.3) is 0 Å². The predicted octanol–water partition coefficient (Wildman–Crippen LogP) is 5.82. The molecule has 0 amide bonds. The minimum absolute atomic E-state index is 0. The van der Waals surface area contributed by atoms with Crippen LogP contribution in [-0.2, 0) is 0 Å². The Kier molecular flexibility index (Phi) is 5.76. The number of aromatic nitrogens is 3. The van der Waals surface area contributed by atoms with Gasteiger partial charge in [-0.1, -0.05) is 11.6 Å². The van der Waals surface area contributed by atoms with Crippen LogP contribution in [0.5, 0.6) is 5.75 Å². The molecule has 0 unspecified atom stereocenters. The number of nitrogens with zero attached hydrogens (tertiary/aromatic N) is 3. The van der Waals surface area contributed by atoms with Crippen LogP contribution in [0.15, 0.2) is 54.7 Å². The molecule has 2 heterocycles. The topological polar surface area (TPSA) is 70.9 Å². The molecule has 2 aromatic heterocycles. The van der Waals surface area contributed by atoms with Gasteiger partial charge in [-0.3, -0.25) is 4.98 Å². The minimum atomic E-state index is -0.423. The van der Waals surface area contributed by atoms with E-state index in [0.29, 0.717) is 27.6 Å². The zero-order chi connectivity index (χ0) is 19.0. The van der Waals surface area contributed by atoms with Gasteiger partial charge >= 0.3 is 0 Å². The molecule has 142 valence electrons. The van der Waals surface area contributed by atoms with Crippen LogP contribution in [0.4, 0.5) is 15.8 Å². The maximum Gasteiger partial charge on any atom is 0.132 e. The third kappa shape index (κ3) is 3.90. The Bertz CT molecular complexity index is 1170. The van der Waals surface area contributed by atoms with Crippen LogP contribution in [0.25, 0.3) is 22.2 Å². The van der Waals surface area contributed by atoms with Crippen molar-refractivity contribution in [3.05, 3.63) is 71.3 Å². The lowest BCUT2D eigenvalue weighted by Gasteiger charge is -2.12. The van der Waals surface area contributed by atoms with Gasteiger partial charge < -0.3 is 10.4 Å². The van der Waals surface area contributed by atoms with Crippen molar-refractivity contribution in [2.45, 2.75) is 6.92 Å². The first-order valence-corrected chi connectivity index (χ1v) is 8.53. The van der Waals surface area contributed by atoms with Gasteiger partial charge in [0.2, 0.25) is 0 Å². The van der Waals surface area contributed by atoms with E-state index < -0.39 is 5.82 Å². The smallest absolute Gasteiger partial charge is 0.132 e. The van der Waals surface area contributed by atoms with E-state index in [9.17, 15) is 9.50 Å². The second-order valence-corrected chi connectivity index (χ2v) is 6.47.